The number of nitrogens with zero attached hydrogens (tertiary/aromatic N) is 2. The third-order valence-electron chi connectivity index (χ3n) is 8.03. The Morgan fingerprint density at radius 1 is 0.452 bits per heavy atom. The van der Waals surface area contributed by atoms with E-state index in [0.717, 1.165) is 33.2 Å². The second-order valence-electron chi connectivity index (χ2n) is 11.5. The fraction of sp³-hybridized carbons (Fsp3) is 0.300. The molecule has 0 unspecified atom stereocenters. The van der Waals surface area contributed by atoms with Crippen LogP contribution in [0.3, 0.4) is 0 Å². The molecule has 214 valence electrons. The van der Waals surface area contributed by atoms with Crippen LogP contribution in [0.5, 0.6) is 0 Å². The predicted molar refractivity (Wildman–Crippen MR) is 183 cm³/mol. The topological polar surface area (TPSA) is 25.8 Å². The van der Waals surface area contributed by atoms with Gasteiger partial charge in [0.05, 0.1) is 22.4 Å². The Balaban J connectivity index is 1.22. The molecule has 0 amide bonds. The molecular weight excluding hydrogens is 508 g/mol. The van der Waals surface area contributed by atoms with Gasteiger partial charge < -0.3 is 0 Å². The van der Waals surface area contributed by atoms with E-state index in [9.17, 15) is 0 Å². The van der Waals surface area contributed by atoms with Crippen LogP contribution in [0.15, 0.2) is 84.9 Å². The molecule has 0 aliphatic rings. The minimum Gasteiger partial charge on any atom is -0.248 e. The number of benzene rings is 3. The van der Waals surface area contributed by atoms with Crippen LogP contribution >= 0.6 is 0 Å². The van der Waals surface area contributed by atoms with E-state index in [1.54, 1.807) is 0 Å². The molecule has 0 bridgehead atoms. The predicted octanol–water partition coefficient (Wildman–Crippen LogP) is 11.4. The van der Waals surface area contributed by atoms with Crippen molar-refractivity contribution < 1.29 is 0 Å². The molecule has 0 aliphatic carbocycles. The number of hydrogen-bond donors (Lipinski definition) is 0. The van der Waals surface area contributed by atoms with Gasteiger partial charge >= 0.3 is 0 Å². The lowest BCUT2D eigenvalue weighted by molar-refractivity contribution is 0.667. The molecule has 2 aromatic heterocycles. The lowest BCUT2D eigenvalue weighted by Crippen LogP contribution is -1.88. The van der Waals surface area contributed by atoms with E-state index in [2.05, 4.69) is 123 Å². The molecule has 0 saturated heterocycles. The lowest BCUT2D eigenvalue weighted by Gasteiger charge is -2.04. The Hall–Kier alpha value is -4.04. The van der Waals surface area contributed by atoms with E-state index in [-0.39, 0.29) is 0 Å². The van der Waals surface area contributed by atoms with Crippen LogP contribution < -0.4 is 0 Å². The van der Waals surface area contributed by atoms with Crippen LogP contribution in [-0.4, -0.2) is 9.97 Å². The number of aromatic nitrogens is 2. The fourth-order valence-corrected chi connectivity index (χ4v) is 5.42. The second-order valence-corrected chi connectivity index (χ2v) is 11.5. The molecule has 5 rings (SSSR count). The van der Waals surface area contributed by atoms with Gasteiger partial charge in [0.25, 0.3) is 0 Å². The van der Waals surface area contributed by atoms with Gasteiger partial charge in [0.2, 0.25) is 0 Å². The van der Waals surface area contributed by atoms with Crippen LogP contribution in [0.4, 0.5) is 0 Å². The van der Waals surface area contributed by atoms with E-state index in [0.29, 0.717) is 0 Å². The summed E-state index contributed by atoms with van der Waals surface area (Å²) in [6.45, 7) is 4.52. The molecule has 2 nitrogen and oxygen atoms in total. The first-order valence-electron chi connectivity index (χ1n) is 16.0. The van der Waals surface area contributed by atoms with Crippen molar-refractivity contribution in [2.75, 3.05) is 0 Å². The fourth-order valence-electron chi connectivity index (χ4n) is 5.42. The molecule has 0 spiro atoms. The first kappa shape index (κ1) is 29.5. The Morgan fingerprint density at radius 2 is 0.881 bits per heavy atom. The number of hydrogen-bond acceptors (Lipinski definition) is 2. The van der Waals surface area contributed by atoms with E-state index < -0.39 is 0 Å². The number of fused-ring (bicyclic) bond motifs is 2. The third kappa shape index (κ3) is 8.49. The van der Waals surface area contributed by atoms with Crippen molar-refractivity contribution >= 4 is 46.1 Å². The average molecular weight is 553 g/mol. The van der Waals surface area contributed by atoms with Crippen molar-refractivity contribution in [2.24, 2.45) is 0 Å². The molecule has 0 aliphatic heterocycles. The minimum absolute atomic E-state index is 0.963. The van der Waals surface area contributed by atoms with Gasteiger partial charge in [-0.3, -0.25) is 0 Å². The molecule has 0 atom stereocenters. The smallest absolute Gasteiger partial charge is 0.0716 e. The first-order valence-corrected chi connectivity index (χ1v) is 16.0. The molecule has 3 aromatic carbocycles. The van der Waals surface area contributed by atoms with Gasteiger partial charge in [-0.2, -0.15) is 0 Å². The zero-order chi connectivity index (χ0) is 29.0. The number of rotatable bonds is 14. The molecule has 2 heterocycles. The van der Waals surface area contributed by atoms with E-state index >= 15 is 0 Å². The molecular formula is C40H44N2. The summed E-state index contributed by atoms with van der Waals surface area (Å²) in [6.07, 6.45) is 21.3. The van der Waals surface area contributed by atoms with Crippen molar-refractivity contribution in [3.63, 3.8) is 0 Å². The van der Waals surface area contributed by atoms with Crippen LogP contribution in [0.25, 0.3) is 46.1 Å². The molecule has 0 N–H and O–H groups in total. The highest BCUT2D eigenvalue weighted by molar-refractivity contribution is 5.95. The van der Waals surface area contributed by atoms with Gasteiger partial charge in [-0.25, -0.2) is 9.97 Å². The largest absolute Gasteiger partial charge is 0.248 e. The summed E-state index contributed by atoms with van der Waals surface area (Å²) in [4.78, 5) is 9.84. The third-order valence-corrected chi connectivity index (χ3v) is 8.03. The van der Waals surface area contributed by atoms with Gasteiger partial charge in [-0.1, -0.05) is 125 Å². The first-order chi connectivity index (χ1) is 20.7. The zero-order valence-corrected chi connectivity index (χ0v) is 25.4. The van der Waals surface area contributed by atoms with E-state index in [1.807, 2.05) is 0 Å². The van der Waals surface area contributed by atoms with Crippen molar-refractivity contribution in [1.82, 2.24) is 9.97 Å². The summed E-state index contributed by atoms with van der Waals surface area (Å²) in [7, 11) is 0. The summed E-state index contributed by atoms with van der Waals surface area (Å²) in [5, 5.41) is 2.21. The van der Waals surface area contributed by atoms with Crippen LogP contribution in [0, 0.1) is 0 Å². The number of unbranched alkanes of at least 4 members (excludes halogenated alkanes) is 6. The van der Waals surface area contributed by atoms with Crippen molar-refractivity contribution in [3.05, 3.63) is 119 Å². The summed E-state index contributed by atoms with van der Waals surface area (Å²) >= 11 is 0. The van der Waals surface area contributed by atoms with Gasteiger partial charge in [0.1, 0.15) is 0 Å². The Morgan fingerprint density at radius 3 is 1.29 bits per heavy atom. The Bertz CT molecular complexity index is 1500. The van der Waals surface area contributed by atoms with Crippen LogP contribution in [0.2, 0.25) is 0 Å². The summed E-state index contributed by atoms with van der Waals surface area (Å²) in [6, 6.07) is 30.6. The Kier molecular flexibility index (Phi) is 10.7. The van der Waals surface area contributed by atoms with Gasteiger partial charge in [0.15, 0.2) is 0 Å². The zero-order valence-electron chi connectivity index (χ0n) is 25.4. The number of pyridine rings is 2. The van der Waals surface area contributed by atoms with Crippen LogP contribution in [-0.2, 0) is 12.8 Å². The van der Waals surface area contributed by atoms with Gasteiger partial charge in [-0.05, 0) is 84.4 Å². The molecule has 0 fully saturated rings. The van der Waals surface area contributed by atoms with E-state index in [1.165, 1.54) is 86.5 Å². The molecule has 42 heavy (non-hydrogen) atoms. The lowest BCUT2D eigenvalue weighted by atomic mass is 10.0. The highest BCUT2D eigenvalue weighted by Gasteiger charge is 2.03. The maximum atomic E-state index is 4.92. The normalized spacial score (nSPS) is 11.9. The second kappa shape index (κ2) is 15.3. The minimum atomic E-state index is 0.963. The van der Waals surface area contributed by atoms with Crippen molar-refractivity contribution in [3.8, 4) is 0 Å². The number of aryl methyl sites for hydroxylation is 2. The van der Waals surface area contributed by atoms with Crippen molar-refractivity contribution in [2.45, 2.75) is 78.1 Å². The molecule has 0 saturated carbocycles. The molecule has 2 heteroatoms. The highest BCUT2D eigenvalue weighted by atomic mass is 14.7. The van der Waals surface area contributed by atoms with Gasteiger partial charge in [-0.15, -0.1) is 0 Å². The standard InChI is InChI=1S/C40H44N2/c1-3-5-7-9-11-31-13-17-33(18-14-31)21-25-37-27-23-35-30-40-36(29-39(35)41-37)24-28-38(42-40)26-22-34-19-15-32(16-20-34)12-10-8-6-4-2/h13-30H,3-12H2,1-2H3/b25-21+,26-22+. The highest BCUT2D eigenvalue weighted by Crippen LogP contribution is 2.23. The van der Waals surface area contributed by atoms with Crippen LogP contribution in [0.1, 0.15) is 98.9 Å². The maximum Gasteiger partial charge on any atom is 0.0716 e. The SMILES string of the molecule is CCCCCCc1ccc(/C=C/c2ccc3cc4nc(/C=C/c5ccc(CCCCCC)cc5)ccc4cc3n2)cc1. The van der Waals surface area contributed by atoms with Crippen molar-refractivity contribution in [1.29, 1.82) is 0 Å². The summed E-state index contributed by atoms with van der Waals surface area (Å²) < 4.78 is 0. The molecule has 0 radical (unpaired) electrons. The van der Waals surface area contributed by atoms with Gasteiger partial charge in [0, 0.05) is 10.8 Å². The quantitative estimate of drug-likeness (QED) is 0.101. The van der Waals surface area contributed by atoms with E-state index in [4.69, 9.17) is 9.97 Å². The molecule has 5 aromatic rings. The average Bonchev–Trinajstić information content (AvgIpc) is 3.03. The monoisotopic (exact) mass is 552 g/mol. The summed E-state index contributed by atoms with van der Waals surface area (Å²) in [5.41, 5.74) is 9.17. The summed E-state index contributed by atoms with van der Waals surface area (Å²) in [5.74, 6) is 0. The maximum absolute atomic E-state index is 4.92. The Labute approximate surface area is 252 Å².